The summed E-state index contributed by atoms with van der Waals surface area (Å²) >= 11 is 5.49. The van der Waals surface area contributed by atoms with E-state index in [4.69, 9.17) is 16.7 Å². The minimum atomic E-state index is -4.87. The summed E-state index contributed by atoms with van der Waals surface area (Å²) in [5, 5.41) is 11.0. The van der Waals surface area contributed by atoms with Crippen LogP contribution in [0.15, 0.2) is 12.1 Å². The summed E-state index contributed by atoms with van der Waals surface area (Å²) in [7, 11) is 0. The highest BCUT2D eigenvalue weighted by Crippen LogP contribution is 2.42. The second-order valence-corrected chi connectivity index (χ2v) is 5.87. The highest BCUT2D eigenvalue weighted by molar-refractivity contribution is 6.30. The molecular weight excluding hydrogens is 362 g/mol. The van der Waals surface area contributed by atoms with Gasteiger partial charge in [0, 0.05) is 31.7 Å². The zero-order valence-electron chi connectivity index (χ0n) is 12.3. The van der Waals surface area contributed by atoms with Crippen LogP contribution in [0.1, 0.15) is 17.2 Å². The average Bonchev–Trinajstić information content (AvgIpc) is 2.51. The van der Waals surface area contributed by atoms with Crippen LogP contribution in [0.4, 0.5) is 26.3 Å². The maximum absolute atomic E-state index is 14.3. The van der Waals surface area contributed by atoms with Gasteiger partial charge in [0.1, 0.15) is 18.5 Å². The first-order valence-electron chi connectivity index (χ1n) is 7.07. The maximum atomic E-state index is 14.3. The molecule has 1 aromatic rings. The SMILES string of the molecule is OCC(F)(F)[C@@H](c1cc(C(F)(F)F)cc(Cl)c1F)N1CCNCC1. The van der Waals surface area contributed by atoms with Crippen molar-refractivity contribution in [3.05, 3.63) is 34.1 Å². The molecule has 1 fully saturated rings. The number of rotatable bonds is 4. The van der Waals surface area contributed by atoms with Crippen molar-refractivity contribution in [1.29, 1.82) is 0 Å². The molecule has 0 saturated carbocycles. The molecule has 1 aliphatic rings. The molecule has 0 radical (unpaired) electrons. The highest BCUT2D eigenvalue weighted by atomic mass is 35.5. The Bertz CT molecular complexity index is 589. The van der Waals surface area contributed by atoms with Gasteiger partial charge in [-0.25, -0.2) is 13.2 Å². The topological polar surface area (TPSA) is 35.5 Å². The van der Waals surface area contributed by atoms with Crippen LogP contribution in [0, 0.1) is 5.82 Å². The van der Waals surface area contributed by atoms with E-state index in [-0.39, 0.29) is 13.1 Å². The van der Waals surface area contributed by atoms with Gasteiger partial charge in [0.15, 0.2) is 0 Å². The third kappa shape index (κ3) is 3.96. The minimum Gasteiger partial charge on any atom is -0.390 e. The lowest BCUT2D eigenvalue weighted by atomic mass is 9.95. The summed E-state index contributed by atoms with van der Waals surface area (Å²) in [4.78, 5) is 1.14. The van der Waals surface area contributed by atoms with E-state index >= 15 is 0 Å². The standard InChI is InChI=1S/C14H15ClF6N2O/c15-10-6-8(14(19,20)21)5-9(11(10)16)12(13(17,18)7-24)23-3-1-22-2-4-23/h5-6,12,22,24H,1-4,7H2/t12-/m1/s1. The number of nitrogens with one attached hydrogen (secondary N) is 1. The number of piperazine rings is 1. The van der Waals surface area contributed by atoms with Crippen molar-refractivity contribution in [3.63, 3.8) is 0 Å². The van der Waals surface area contributed by atoms with Crippen molar-refractivity contribution in [2.24, 2.45) is 0 Å². The molecule has 0 spiro atoms. The van der Waals surface area contributed by atoms with Crippen LogP contribution in [0.25, 0.3) is 0 Å². The number of hydrogen-bond donors (Lipinski definition) is 2. The summed E-state index contributed by atoms with van der Waals surface area (Å²) in [6, 6.07) is -1.37. The molecule has 24 heavy (non-hydrogen) atoms. The molecule has 3 nitrogen and oxygen atoms in total. The van der Waals surface area contributed by atoms with E-state index in [0.29, 0.717) is 25.2 Å². The summed E-state index contributed by atoms with van der Waals surface area (Å²) in [6.45, 7) is -0.880. The van der Waals surface area contributed by atoms with Crippen LogP contribution in [0.2, 0.25) is 5.02 Å². The fourth-order valence-corrected chi connectivity index (χ4v) is 2.92. The second-order valence-electron chi connectivity index (χ2n) is 5.47. The fourth-order valence-electron chi connectivity index (χ4n) is 2.69. The van der Waals surface area contributed by atoms with Gasteiger partial charge in [-0.2, -0.15) is 13.2 Å². The maximum Gasteiger partial charge on any atom is 0.416 e. The van der Waals surface area contributed by atoms with Crippen molar-refractivity contribution in [1.82, 2.24) is 10.2 Å². The monoisotopic (exact) mass is 376 g/mol. The van der Waals surface area contributed by atoms with Crippen molar-refractivity contribution in [2.75, 3.05) is 32.8 Å². The molecule has 2 rings (SSSR count). The number of alkyl halides is 5. The Morgan fingerprint density at radius 3 is 2.25 bits per heavy atom. The van der Waals surface area contributed by atoms with E-state index in [0.717, 1.165) is 4.90 Å². The number of halogens is 7. The Kier molecular flexibility index (Phi) is 5.68. The van der Waals surface area contributed by atoms with Gasteiger partial charge in [0.25, 0.3) is 5.92 Å². The van der Waals surface area contributed by atoms with Crippen LogP contribution >= 0.6 is 11.6 Å². The quantitative estimate of drug-likeness (QED) is 0.793. The summed E-state index contributed by atoms with van der Waals surface area (Å²) in [5.41, 5.74) is -2.20. The molecule has 0 bridgehead atoms. The zero-order chi connectivity index (χ0) is 18.1. The molecule has 136 valence electrons. The first-order chi connectivity index (χ1) is 11.1. The van der Waals surface area contributed by atoms with E-state index in [1.807, 2.05) is 0 Å². The number of aliphatic hydroxyl groups excluding tert-OH is 1. The first-order valence-corrected chi connectivity index (χ1v) is 7.45. The van der Waals surface area contributed by atoms with Crippen molar-refractivity contribution < 1.29 is 31.4 Å². The Hall–Kier alpha value is -1.03. The predicted octanol–water partition coefficient (Wildman–Crippen LogP) is 3.07. The van der Waals surface area contributed by atoms with E-state index in [1.165, 1.54) is 0 Å². The van der Waals surface area contributed by atoms with Crippen LogP contribution in [0.5, 0.6) is 0 Å². The van der Waals surface area contributed by atoms with Gasteiger partial charge in [-0.3, -0.25) is 4.90 Å². The number of aliphatic hydroxyl groups is 1. The van der Waals surface area contributed by atoms with E-state index < -0.39 is 46.7 Å². The molecule has 0 aromatic heterocycles. The molecule has 1 saturated heterocycles. The van der Waals surface area contributed by atoms with E-state index in [1.54, 1.807) is 0 Å². The molecule has 0 amide bonds. The lowest BCUT2D eigenvalue weighted by Gasteiger charge is -2.39. The van der Waals surface area contributed by atoms with Crippen LogP contribution < -0.4 is 5.32 Å². The van der Waals surface area contributed by atoms with Gasteiger partial charge in [0.05, 0.1) is 10.6 Å². The third-order valence-electron chi connectivity index (χ3n) is 3.81. The number of benzene rings is 1. The number of nitrogens with zero attached hydrogens (tertiary/aromatic N) is 1. The molecule has 1 heterocycles. The smallest absolute Gasteiger partial charge is 0.390 e. The largest absolute Gasteiger partial charge is 0.416 e. The normalized spacial score (nSPS) is 18.7. The molecule has 1 aliphatic heterocycles. The van der Waals surface area contributed by atoms with Crippen molar-refractivity contribution in [2.45, 2.75) is 18.1 Å². The summed E-state index contributed by atoms with van der Waals surface area (Å²) in [5.74, 6) is -5.19. The van der Waals surface area contributed by atoms with Crippen molar-refractivity contribution >= 4 is 11.6 Å². The van der Waals surface area contributed by atoms with Crippen molar-refractivity contribution in [3.8, 4) is 0 Å². The lowest BCUT2D eigenvalue weighted by Crippen LogP contribution is -2.51. The second kappa shape index (κ2) is 7.07. The van der Waals surface area contributed by atoms with Gasteiger partial charge in [-0.15, -0.1) is 0 Å². The molecular formula is C14H15ClF6N2O. The summed E-state index contributed by atoms with van der Waals surface area (Å²) in [6.07, 6.45) is -4.87. The highest BCUT2D eigenvalue weighted by Gasteiger charge is 2.46. The summed E-state index contributed by atoms with van der Waals surface area (Å²) < 4.78 is 81.5. The molecule has 2 N–H and O–H groups in total. The molecule has 1 aromatic carbocycles. The van der Waals surface area contributed by atoms with Crippen LogP contribution in [-0.4, -0.2) is 48.7 Å². The minimum absolute atomic E-state index is 0.0631. The van der Waals surface area contributed by atoms with Crippen LogP contribution in [0.3, 0.4) is 0 Å². The Morgan fingerprint density at radius 1 is 1.17 bits per heavy atom. The van der Waals surface area contributed by atoms with Crippen LogP contribution in [-0.2, 0) is 6.18 Å². The molecule has 1 atom stereocenters. The number of hydrogen-bond acceptors (Lipinski definition) is 3. The Labute approximate surface area is 139 Å². The van der Waals surface area contributed by atoms with Gasteiger partial charge >= 0.3 is 6.18 Å². The van der Waals surface area contributed by atoms with Gasteiger partial charge in [-0.05, 0) is 12.1 Å². The zero-order valence-corrected chi connectivity index (χ0v) is 13.1. The van der Waals surface area contributed by atoms with Gasteiger partial charge < -0.3 is 10.4 Å². The van der Waals surface area contributed by atoms with Gasteiger partial charge in [0.2, 0.25) is 0 Å². The van der Waals surface area contributed by atoms with Gasteiger partial charge in [-0.1, -0.05) is 11.6 Å². The Morgan fingerprint density at radius 2 is 1.75 bits per heavy atom. The molecule has 0 aliphatic carbocycles. The van der Waals surface area contributed by atoms with E-state index in [2.05, 4.69) is 5.32 Å². The average molecular weight is 377 g/mol. The molecule has 0 unspecified atom stereocenters. The fraction of sp³-hybridized carbons (Fsp3) is 0.571. The third-order valence-corrected chi connectivity index (χ3v) is 4.08. The Balaban J connectivity index is 2.58. The van der Waals surface area contributed by atoms with E-state index in [9.17, 15) is 26.3 Å². The first kappa shape index (κ1) is 19.3. The lowest BCUT2D eigenvalue weighted by molar-refractivity contribution is -0.138. The molecule has 10 heteroatoms. The predicted molar refractivity (Wildman–Crippen MR) is 75.6 cm³/mol.